The van der Waals surface area contributed by atoms with Crippen molar-refractivity contribution in [3.63, 3.8) is 0 Å². The zero-order chi connectivity index (χ0) is 15.5. The van der Waals surface area contributed by atoms with E-state index < -0.39 is 0 Å². The van der Waals surface area contributed by atoms with Crippen LogP contribution in [0.1, 0.15) is 23.2 Å². The standard InChI is InChI=1S/C16H19ClN4O.ClH/c1-18-14-3-2-8-20(11-14)16(22)12-9-19-21(10-12)15-6-4-13(17)5-7-15;/h4-7,9-10,14,18H,2-3,8,11H2,1H3;1H. The second kappa shape index (κ2) is 7.81. The van der Waals surface area contributed by atoms with Gasteiger partial charge in [0, 0.05) is 30.4 Å². The molecule has 0 aliphatic carbocycles. The van der Waals surface area contributed by atoms with Gasteiger partial charge in [0.15, 0.2) is 0 Å². The number of aromatic nitrogens is 2. The molecule has 2 heterocycles. The maximum atomic E-state index is 12.6. The van der Waals surface area contributed by atoms with Crippen molar-refractivity contribution >= 4 is 29.9 Å². The van der Waals surface area contributed by atoms with Gasteiger partial charge in [0.1, 0.15) is 0 Å². The number of likely N-dealkylation sites (N-methyl/N-ethyl adjacent to an activating group) is 1. The van der Waals surface area contributed by atoms with Gasteiger partial charge in [-0.2, -0.15) is 5.10 Å². The van der Waals surface area contributed by atoms with Crippen LogP contribution in [0.3, 0.4) is 0 Å². The summed E-state index contributed by atoms with van der Waals surface area (Å²) >= 11 is 5.89. The van der Waals surface area contributed by atoms with Crippen molar-refractivity contribution in [3.8, 4) is 5.69 Å². The molecule has 0 saturated carbocycles. The highest BCUT2D eigenvalue weighted by atomic mass is 35.5. The third-order valence-electron chi connectivity index (χ3n) is 4.04. The fraction of sp³-hybridized carbons (Fsp3) is 0.375. The lowest BCUT2D eigenvalue weighted by Crippen LogP contribution is -2.46. The van der Waals surface area contributed by atoms with Gasteiger partial charge < -0.3 is 10.2 Å². The Morgan fingerprint density at radius 2 is 2.09 bits per heavy atom. The molecular weight excluding hydrogens is 335 g/mol. The highest BCUT2D eigenvalue weighted by Crippen LogP contribution is 2.16. The minimum absolute atomic E-state index is 0. The van der Waals surface area contributed by atoms with Crippen LogP contribution in [-0.4, -0.2) is 46.8 Å². The zero-order valence-corrected chi connectivity index (χ0v) is 14.5. The molecule has 1 aromatic carbocycles. The van der Waals surface area contributed by atoms with Gasteiger partial charge in [0.25, 0.3) is 5.91 Å². The van der Waals surface area contributed by atoms with E-state index in [-0.39, 0.29) is 18.3 Å². The van der Waals surface area contributed by atoms with Gasteiger partial charge in [-0.05, 0) is 44.2 Å². The molecule has 23 heavy (non-hydrogen) atoms. The number of halogens is 2. The first-order valence-corrected chi connectivity index (χ1v) is 7.82. The number of nitrogens with zero attached hydrogens (tertiary/aromatic N) is 3. The Labute approximate surface area is 147 Å². The van der Waals surface area contributed by atoms with E-state index in [0.717, 1.165) is 31.6 Å². The van der Waals surface area contributed by atoms with Gasteiger partial charge in [-0.3, -0.25) is 4.79 Å². The van der Waals surface area contributed by atoms with Crippen LogP contribution < -0.4 is 5.32 Å². The zero-order valence-electron chi connectivity index (χ0n) is 12.9. The quantitative estimate of drug-likeness (QED) is 0.921. The SMILES string of the molecule is CNC1CCCN(C(=O)c2cnn(-c3ccc(Cl)cc3)c2)C1.Cl. The molecule has 1 atom stereocenters. The van der Waals surface area contributed by atoms with Gasteiger partial charge in [-0.1, -0.05) is 11.6 Å². The Bertz CT molecular complexity index is 656. The monoisotopic (exact) mass is 354 g/mol. The van der Waals surface area contributed by atoms with E-state index in [1.807, 2.05) is 36.2 Å². The number of amides is 1. The van der Waals surface area contributed by atoms with Crippen LogP contribution in [0, 0.1) is 0 Å². The first-order valence-electron chi connectivity index (χ1n) is 7.44. The van der Waals surface area contributed by atoms with E-state index >= 15 is 0 Å². The third kappa shape index (κ3) is 4.05. The Hall–Kier alpha value is -1.56. The molecule has 1 saturated heterocycles. The Morgan fingerprint density at radius 1 is 1.35 bits per heavy atom. The highest BCUT2D eigenvalue weighted by molar-refractivity contribution is 6.30. The van der Waals surface area contributed by atoms with Crippen LogP contribution in [0.4, 0.5) is 0 Å². The molecule has 1 fully saturated rings. The van der Waals surface area contributed by atoms with Crippen molar-refractivity contribution in [1.82, 2.24) is 20.0 Å². The molecule has 1 unspecified atom stereocenters. The molecule has 0 spiro atoms. The lowest BCUT2D eigenvalue weighted by atomic mass is 10.1. The number of benzene rings is 1. The van der Waals surface area contributed by atoms with E-state index in [2.05, 4.69) is 10.4 Å². The van der Waals surface area contributed by atoms with Crippen molar-refractivity contribution in [1.29, 1.82) is 0 Å². The number of carbonyl (C=O) groups excluding carboxylic acids is 1. The normalized spacial score (nSPS) is 17.7. The van der Waals surface area contributed by atoms with Gasteiger partial charge >= 0.3 is 0 Å². The number of nitrogens with one attached hydrogen (secondary N) is 1. The average Bonchev–Trinajstić information content (AvgIpc) is 3.05. The molecule has 3 rings (SSSR count). The van der Waals surface area contributed by atoms with E-state index in [9.17, 15) is 4.79 Å². The summed E-state index contributed by atoms with van der Waals surface area (Å²) < 4.78 is 1.70. The minimum atomic E-state index is 0. The molecule has 5 nitrogen and oxygen atoms in total. The van der Waals surface area contributed by atoms with Crippen LogP contribution in [-0.2, 0) is 0 Å². The first kappa shape index (κ1) is 17.8. The molecule has 1 N–H and O–H groups in total. The molecule has 7 heteroatoms. The summed E-state index contributed by atoms with van der Waals surface area (Å²) in [5.74, 6) is 0.0418. The maximum absolute atomic E-state index is 12.6. The summed E-state index contributed by atoms with van der Waals surface area (Å²) in [6, 6.07) is 7.75. The smallest absolute Gasteiger partial charge is 0.257 e. The van der Waals surface area contributed by atoms with Crippen molar-refractivity contribution in [2.75, 3.05) is 20.1 Å². The summed E-state index contributed by atoms with van der Waals surface area (Å²) in [4.78, 5) is 14.5. The molecule has 1 amide bonds. The largest absolute Gasteiger partial charge is 0.337 e. The average molecular weight is 355 g/mol. The summed E-state index contributed by atoms with van der Waals surface area (Å²) in [6.45, 7) is 1.56. The number of likely N-dealkylation sites (tertiary alicyclic amines) is 1. The van der Waals surface area contributed by atoms with Crippen LogP contribution in [0.2, 0.25) is 5.02 Å². The van der Waals surface area contributed by atoms with Crippen molar-refractivity contribution in [3.05, 3.63) is 47.2 Å². The predicted molar refractivity (Wildman–Crippen MR) is 93.8 cm³/mol. The molecule has 1 aliphatic rings. The number of piperidine rings is 1. The lowest BCUT2D eigenvalue weighted by molar-refractivity contribution is 0.0698. The fourth-order valence-corrected chi connectivity index (χ4v) is 2.87. The second-order valence-corrected chi connectivity index (χ2v) is 5.97. The number of hydrogen-bond donors (Lipinski definition) is 1. The topological polar surface area (TPSA) is 50.2 Å². The van der Waals surface area contributed by atoms with Crippen LogP contribution in [0.15, 0.2) is 36.7 Å². The van der Waals surface area contributed by atoms with E-state index in [4.69, 9.17) is 11.6 Å². The van der Waals surface area contributed by atoms with Gasteiger partial charge in [0.05, 0.1) is 17.4 Å². The van der Waals surface area contributed by atoms with Crippen LogP contribution in [0.5, 0.6) is 0 Å². The third-order valence-corrected chi connectivity index (χ3v) is 4.29. The Kier molecular flexibility index (Phi) is 6.04. The molecule has 2 aromatic rings. The summed E-state index contributed by atoms with van der Waals surface area (Å²) in [5.41, 5.74) is 1.50. The Morgan fingerprint density at radius 3 is 2.78 bits per heavy atom. The van der Waals surface area contributed by atoms with Gasteiger partial charge in [-0.15, -0.1) is 12.4 Å². The molecule has 0 radical (unpaired) electrons. The Balaban J connectivity index is 0.00000192. The van der Waals surface area contributed by atoms with Gasteiger partial charge in [0.2, 0.25) is 0 Å². The highest BCUT2D eigenvalue weighted by Gasteiger charge is 2.24. The number of hydrogen-bond acceptors (Lipinski definition) is 3. The molecule has 124 valence electrons. The minimum Gasteiger partial charge on any atom is -0.337 e. The molecule has 0 bridgehead atoms. The molecule has 1 aliphatic heterocycles. The summed E-state index contributed by atoms with van der Waals surface area (Å²) in [6.07, 6.45) is 5.54. The summed E-state index contributed by atoms with van der Waals surface area (Å²) in [5, 5.41) is 8.21. The van der Waals surface area contributed by atoms with Crippen LogP contribution >= 0.6 is 24.0 Å². The number of carbonyl (C=O) groups is 1. The van der Waals surface area contributed by atoms with Crippen LogP contribution in [0.25, 0.3) is 5.69 Å². The van der Waals surface area contributed by atoms with Gasteiger partial charge in [-0.25, -0.2) is 4.68 Å². The lowest BCUT2D eigenvalue weighted by Gasteiger charge is -2.32. The van der Waals surface area contributed by atoms with Crippen molar-refractivity contribution in [2.45, 2.75) is 18.9 Å². The summed E-state index contributed by atoms with van der Waals surface area (Å²) in [7, 11) is 1.94. The van der Waals surface area contributed by atoms with E-state index in [1.165, 1.54) is 0 Å². The number of rotatable bonds is 3. The first-order chi connectivity index (χ1) is 10.7. The van der Waals surface area contributed by atoms with Crippen molar-refractivity contribution < 1.29 is 4.79 Å². The molecule has 1 aromatic heterocycles. The predicted octanol–water partition coefficient (Wildman–Crippen LogP) is 2.77. The fourth-order valence-electron chi connectivity index (χ4n) is 2.75. The maximum Gasteiger partial charge on any atom is 0.257 e. The molecular formula is C16H20Cl2N4O. The van der Waals surface area contributed by atoms with E-state index in [1.54, 1.807) is 17.1 Å². The van der Waals surface area contributed by atoms with Crippen molar-refractivity contribution in [2.24, 2.45) is 0 Å². The second-order valence-electron chi connectivity index (χ2n) is 5.53. The van der Waals surface area contributed by atoms with E-state index in [0.29, 0.717) is 16.6 Å².